The summed E-state index contributed by atoms with van der Waals surface area (Å²) in [6, 6.07) is 11.7. The third kappa shape index (κ3) is 3.27. The molecule has 1 amide bonds. The monoisotopic (exact) mass is 326 g/mol. The Kier molecular flexibility index (Phi) is 4.29. The van der Waals surface area contributed by atoms with Crippen molar-refractivity contribution in [3.05, 3.63) is 65.6 Å². The summed E-state index contributed by atoms with van der Waals surface area (Å²) in [5, 5.41) is 3.09. The molecule has 0 spiro atoms. The van der Waals surface area contributed by atoms with Gasteiger partial charge in [0.1, 0.15) is 5.82 Å². The normalized spacial score (nSPS) is 10.6. The molecule has 0 saturated carbocycles. The number of nitrogens with one attached hydrogen (secondary N) is 2. The van der Waals surface area contributed by atoms with Crippen molar-refractivity contribution < 1.29 is 18.7 Å². The molecule has 3 aromatic rings. The number of fused-ring (bicyclic) bond motifs is 1. The number of esters is 1. The molecule has 5 nitrogen and oxygen atoms in total. The Bertz CT molecular complexity index is 918. The number of carbonyl (C=O) groups excluding carboxylic acids is 2. The molecule has 0 bridgehead atoms. The third-order valence-electron chi connectivity index (χ3n) is 3.54. The second kappa shape index (κ2) is 6.54. The van der Waals surface area contributed by atoms with E-state index >= 15 is 0 Å². The molecule has 0 radical (unpaired) electrons. The molecule has 0 aliphatic rings. The lowest BCUT2D eigenvalue weighted by Gasteiger charge is -2.07. The van der Waals surface area contributed by atoms with Crippen LogP contribution in [-0.4, -0.2) is 23.5 Å². The van der Waals surface area contributed by atoms with Gasteiger partial charge in [0.2, 0.25) is 0 Å². The molecule has 0 saturated heterocycles. The largest absolute Gasteiger partial charge is 0.452 e. The van der Waals surface area contributed by atoms with E-state index in [0.29, 0.717) is 10.9 Å². The zero-order chi connectivity index (χ0) is 17.1. The number of hydrogen-bond donors (Lipinski definition) is 2. The highest BCUT2D eigenvalue weighted by molar-refractivity contribution is 6.05. The van der Waals surface area contributed by atoms with E-state index in [2.05, 4.69) is 10.3 Å². The van der Waals surface area contributed by atoms with Crippen molar-refractivity contribution in [3.8, 4) is 0 Å². The minimum atomic E-state index is -0.619. The van der Waals surface area contributed by atoms with Gasteiger partial charge < -0.3 is 15.0 Å². The SMILES string of the molecule is Cc1ccc(NC(=O)COC(=O)c2c[nH]c3ccccc23)c(F)c1. The fraction of sp³-hybridized carbons (Fsp3) is 0.111. The highest BCUT2D eigenvalue weighted by Gasteiger charge is 2.15. The van der Waals surface area contributed by atoms with Crippen molar-refractivity contribution >= 4 is 28.5 Å². The van der Waals surface area contributed by atoms with Crippen LogP contribution in [0.1, 0.15) is 15.9 Å². The zero-order valence-electron chi connectivity index (χ0n) is 12.9. The first kappa shape index (κ1) is 15.7. The molecule has 1 heterocycles. The zero-order valence-corrected chi connectivity index (χ0v) is 12.9. The van der Waals surface area contributed by atoms with Crippen LogP contribution in [0.15, 0.2) is 48.7 Å². The van der Waals surface area contributed by atoms with E-state index in [1.54, 1.807) is 25.1 Å². The summed E-state index contributed by atoms with van der Waals surface area (Å²) in [6.07, 6.45) is 1.53. The Morgan fingerprint density at radius 3 is 2.79 bits per heavy atom. The lowest BCUT2D eigenvalue weighted by Crippen LogP contribution is -2.21. The fourth-order valence-electron chi connectivity index (χ4n) is 2.36. The summed E-state index contributed by atoms with van der Waals surface area (Å²) in [7, 11) is 0. The van der Waals surface area contributed by atoms with Gasteiger partial charge >= 0.3 is 5.97 Å². The van der Waals surface area contributed by atoms with Gasteiger partial charge in [-0.15, -0.1) is 0 Å². The third-order valence-corrected chi connectivity index (χ3v) is 3.54. The number of amides is 1. The van der Waals surface area contributed by atoms with Crippen molar-refractivity contribution in [2.24, 2.45) is 0 Å². The lowest BCUT2D eigenvalue weighted by molar-refractivity contribution is -0.119. The Labute approximate surface area is 137 Å². The maximum absolute atomic E-state index is 13.7. The molecular formula is C18H15FN2O3. The second-order valence-corrected chi connectivity index (χ2v) is 5.36. The van der Waals surface area contributed by atoms with Crippen LogP contribution in [0.5, 0.6) is 0 Å². The number of aromatic nitrogens is 1. The minimum Gasteiger partial charge on any atom is -0.452 e. The summed E-state index contributed by atoms with van der Waals surface area (Å²) in [6.45, 7) is 1.25. The highest BCUT2D eigenvalue weighted by atomic mass is 19.1. The van der Waals surface area contributed by atoms with Gasteiger partial charge in [0.25, 0.3) is 5.91 Å². The molecule has 3 rings (SSSR count). The Balaban J connectivity index is 1.62. The quantitative estimate of drug-likeness (QED) is 0.722. The Morgan fingerprint density at radius 1 is 1.21 bits per heavy atom. The van der Waals surface area contributed by atoms with Crippen molar-refractivity contribution in [2.75, 3.05) is 11.9 Å². The number of aromatic amines is 1. The average Bonchev–Trinajstić information content (AvgIpc) is 2.99. The average molecular weight is 326 g/mol. The highest BCUT2D eigenvalue weighted by Crippen LogP contribution is 2.19. The molecule has 24 heavy (non-hydrogen) atoms. The summed E-state index contributed by atoms with van der Waals surface area (Å²) in [5.74, 6) is -1.76. The second-order valence-electron chi connectivity index (χ2n) is 5.36. The van der Waals surface area contributed by atoms with Crippen LogP contribution < -0.4 is 5.32 Å². The number of halogens is 1. The maximum atomic E-state index is 13.7. The standard InChI is InChI=1S/C18H15FN2O3/c1-11-6-7-16(14(19)8-11)21-17(22)10-24-18(23)13-9-20-15-5-3-2-4-12(13)15/h2-9,20H,10H2,1H3,(H,21,22). The minimum absolute atomic E-state index is 0.0498. The van der Waals surface area contributed by atoms with Gasteiger partial charge in [-0.25, -0.2) is 9.18 Å². The summed E-state index contributed by atoms with van der Waals surface area (Å²) in [5.41, 5.74) is 1.94. The fourth-order valence-corrected chi connectivity index (χ4v) is 2.36. The smallest absolute Gasteiger partial charge is 0.340 e. The van der Waals surface area contributed by atoms with E-state index in [9.17, 15) is 14.0 Å². The number of aryl methyl sites for hydroxylation is 1. The summed E-state index contributed by atoms with van der Waals surface area (Å²) in [4.78, 5) is 26.9. The summed E-state index contributed by atoms with van der Waals surface area (Å²) < 4.78 is 18.7. The molecule has 0 aliphatic carbocycles. The van der Waals surface area contributed by atoms with Crippen LogP contribution in [0.3, 0.4) is 0 Å². The predicted molar refractivity (Wildman–Crippen MR) is 88.3 cm³/mol. The van der Waals surface area contributed by atoms with E-state index in [0.717, 1.165) is 11.1 Å². The first-order chi connectivity index (χ1) is 11.5. The molecule has 122 valence electrons. The Hall–Kier alpha value is -3.15. The van der Waals surface area contributed by atoms with Crippen LogP contribution in [-0.2, 0) is 9.53 Å². The first-order valence-corrected chi connectivity index (χ1v) is 7.34. The van der Waals surface area contributed by atoms with Crippen LogP contribution in [0, 0.1) is 12.7 Å². The van der Waals surface area contributed by atoms with Crippen LogP contribution >= 0.6 is 0 Å². The molecule has 6 heteroatoms. The lowest BCUT2D eigenvalue weighted by atomic mass is 10.2. The van der Waals surface area contributed by atoms with Gasteiger partial charge in [-0.1, -0.05) is 24.3 Å². The predicted octanol–water partition coefficient (Wildman–Crippen LogP) is 3.41. The molecule has 2 aromatic carbocycles. The van der Waals surface area contributed by atoms with Gasteiger partial charge in [-0.3, -0.25) is 4.79 Å². The van der Waals surface area contributed by atoms with E-state index in [1.165, 1.54) is 18.3 Å². The van der Waals surface area contributed by atoms with Crippen molar-refractivity contribution in [1.29, 1.82) is 0 Å². The number of benzene rings is 2. The van der Waals surface area contributed by atoms with E-state index in [-0.39, 0.29) is 5.69 Å². The molecular weight excluding hydrogens is 311 g/mol. The molecule has 0 atom stereocenters. The van der Waals surface area contributed by atoms with Crippen molar-refractivity contribution in [2.45, 2.75) is 6.92 Å². The number of ether oxygens (including phenoxy) is 1. The molecule has 0 unspecified atom stereocenters. The van der Waals surface area contributed by atoms with Crippen molar-refractivity contribution in [1.82, 2.24) is 4.98 Å². The molecule has 1 aromatic heterocycles. The number of H-pyrrole nitrogens is 1. The van der Waals surface area contributed by atoms with Gasteiger partial charge in [0, 0.05) is 17.1 Å². The van der Waals surface area contributed by atoms with Crippen LogP contribution in [0.2, 0.25) is 0 Å². The topological polar surface area (TPSA) is 71.2 Å². The van der Waals surface area contributed by atoms with Crippen LogP contribution in [0.25, 0.3) is 10.9 Å². The number of anilines is 1. The van der Waals surface area contributed by atoms with Gasteiger partial charge in [-0.05, 0) is 30.7 Å². The number of rotatable bonds is 4. The van der Waals surface area contributed by atoms with E-state index in [1.807, 2.05) is 12.1 Å². The number of para-hydroxylation sites is 1. The van der Waals surface area contributed by atoms with Crippen LogP contribution in [0.4, 0.5) is 10.1 Å². The van der Waals surface area contributed by atoms with E-state index < -0.39 is 24.3 Å². The number of hydrogen-bond acceptors (Lipinski definition) is 3. The first-order valence-electron chi connectivity index (χ1n) is 7.34. The summed E-state index contributed by atoms with van der Waals surface area (Å²) >= 11 is 0. The maximum Gasteiger partial charge on any atom is 0.340 e. The van der Waals surface area contributed by atoms with Gasteiger partial charge in [-0.2, -0.15) is 0 Å². The van der Waals surface area contributed by atoms with Gasteiger partial charge in [0.05, 0.1) is 11.3 Å². The molecule has 0 fully saturated rings. The Morgan fingerprint density at radius 2 is 2.00 bits per heavy atom. The van der Waals surface area contributed by atoms with Crippen molar-refractivity contribution in [3.63, 3.8) is 0 Å². The number of carbonyl (C=O) groups is 2. The molecule has 0 aliphatic heterocycles. The molecule has 2 N–H and O–H groups in total. The van der Waals surface area contributed by atoms with E-state index in [4.69, 9.17) is 4.74 Å². The van der Waals surface area contributed by atoms with Gasteiger partial charge in [0.15, 0.2) is 6.61 Å².